The highest BCUT2D eigenvalue weighted by atomic mass is 16.5. The van der Waals surface area contributed by atoms with Gasteiger partial charge < -0.3 is 15.4 Å². The largest absolute Gasteiger partial charge is 0.494 e. The molecule has 0 radical (unpaired) electrons. The summed E-state index contributed by atoms with van der Waals surface area (Å²) < 4.78 is 6.02. The molecule has 30 heavy (non-hydrogen) atoms. The molecule has 0 unspecified atom stereocenters. The number of anilines is 1. The summed E-state index contributed by atoms with van der Waals surface area (Å²) in [4.78, 5) is 2.57. The zero-order chi connectivity index (χ0) is 21.2. The molecule has 1 aliphatic carbocycles. The molecule has 160 valence electrons. The third-order valence-corrected chi connectivity index (χ3v) is 5.61. The molecule has 4 rings (SSSR count). The molecular weight excluding hydrogens is 368 g/mol. The molecule has 3 heteroatoms. The van der Waals surface area contributed by atoms with Crippen LogP contribution in [0, 0.1) is 0 Å². The van der Waals surface area contributed by atoms with E-state index in [1.54, 1.807) is 0 Å². The third kappa shape index (κ3) is 6.50. The second kappa shape index (κ2) is 11.6. The molecule has 1 saturated heterocycles. The lowest BCUT2D eigenvalue weighted by molar-refractivity contribution is 0.205. The van der Waals surface area contributed by atoms with Crippen LogP contribution in [0.1, 0.15) is 56.2 Å². The van der Waals surface area contributed by atoms with Gasteiger partial charge in [0.1, 0.15) is 5.75 Å². The van der Waals surface area contributed by atoms with E-state index in [-0.39, 0.29) is 0 Å². The maximum absolute atomic E-state index is 6.02. The molecule has 2 aliphatic rings. The zero-order valence-corrected chi connectivity index (χ0v) is 18.6. The van der Waals surface area contributed by atoms with Crippen molar-refractivity contribution in [1.29, 1.82) is 0 Å². The summed E-state index contributed by atoms with van der Waals surface area (Å²) in [5.41, 5.74) is 11.7. The molecule has 0 bridgehead atoms. The molecule has 1 aliphatic heterocycles. The van der Waals surface area contributed by atoms with Gasteiger partial charge in [-0.25, -0.2) is 0 Å². The Hall–Kier alpha value is -2.52. The van der Waals surface area contributed by atoms with Crippen LogP contribution in [-0.2, 0) is 6.42 Å². The zero-order valence-electron chi connectivity index (χ0n) is 18.6. The first-order valence-corrected chi connectivity index (χ1v) is 11.5. The van der Waals surface area contributed by atoms with Crippen molar-refractivity contribution in [2.24, 2.45) is 0 Å². The number of likely N-dealkylation sites (tertiary alicyclic amines) is 1. The van der Waals surface area contributed by atoms with Crippen LogP contribution in [0.3, 0.4) is 0 Å². The average molecular weight is 405 g/mol. The first-order chi connectivity index (χ1) is 14.8. The van der Waals surface area contributed by atoms with Crippen LogP contribution in [-0.4, -0.2) is 31.1 Å². The number of ether oxygens (including phenoxy) is 1. The van der Waals surface area contributed by atoms with Crippen LogP contribution < -0.4 is 10.5 Å². The lowest BCUT2D eigenvalue weighted by Crippen LogP contribution is -2.31. The number of hydrogen-bond donors (Lipinski definition) is 1. The van der Waals surface area contributed by atoms with Gasteiger partial charge in [-0.1, -0.05) is 56.7 Å². The lowest BCUT2D eigenvalue weighted by Gasteiger charge is -2.26. The van der Waals surface area contributed by atoms with Crippen molar-refractivity contribution in [1.82, 2.24) is 4.90 Å². The molecule has 0 aromatic heterocycles. The van der Waals surface area contributed by atoms with Crippen LogP contribution in [0.25, 0.3) is 12.2 Å². The monoisotopic (exact) mass is 404 g/mol. The Labute approximate surface area is 182 Å². The van der Waals surface area contributed by atoms with E-state index < -0.39 is 0 Å². The Balaban J connectivity index is 0.00000124. The molecule has 1 heterocycles. The Morgan fingerprint density at radius 2 is 1.73 bits per heavy atom. The van der Waals surface area contributed by atoms with E-state index in [0.29, 0.717) is 0 Å². The number of nitrogens with two attached hydrogens (primary N) is 1. The number of rotatable bonds is 7. The summed E-state index contributed by atoms with van der Waals surface area (Å²) in [6.07, 6.45) is 12.8. The molecular formula is C27H36N2O. The molecule has 0 saturated carbocycles. The first-order valence-electron chi connectivity index (χ1n) is 11.5. The summed E-state index contributed by atoms with van der Waals surface area (Å²) in [5.74, 6) is 0.995. The molecule has 0 amide bonds. The summed E-state index contributed by atoms with van der Waals surface area (Å²) in [7, 11) is 0. The molecule has 2 aromatic rings. The summed E-state index contributed by atoms with van der Waals surface area (Å²) >= 11 is 0. The van der Waals surface area contributed by atoms with Crippen molar-refractivity contribution in [3.8, 4) is 5.75 Å². The van der Waals surface area contributed by atoms with Crippen LogP contribution >= 0.6 is 0 Å². The van der Waals surface area contributed by atoms with Crippen LogP contribution in [0.2, 0.25) is 0 Å². The van der Waals surface area contributed by atoms with E-state index in [1.807, 2.05) is 38.1 Å². The fraction of sp³-hybridized carbons (Fsp3) is 0.407. The highest BCUT2D eigenvalue weighted by Gasteiger charge is 2.12. The standard InChI is InChI=1S/C25H30N2O.C2H6/c26-24-10-7-20(8-11-24)5-6-21-17-22-9-12-25(19-23(22)18-21)28-16-4-15-27-13-2-1-3-14-27;1-2/h5-12,17,19H,1-4,13-16,18,26H2;1-2H3/b6-5+;. The Kier molecular flexibility index (Phi) is 8.58. The predicted octanol–water partition coefficient (Wildman–Crippen LogP) is 6.20. The van der Waals surface area contributed by atoms with Gasteiger partial charge >= 0.3 is 0 Å². The summed E-state index contributed by atoms with van der Waals surface area (Å²) in [6.45, 7) is 8.48. The summed E-state index contributed by atoms with van der Waals surface area (Å²) in [6, 6.07) is 14.5. The molecule has 0 atom stereocenters. The molecule has 2 aromatic carbocycles. The SMILES string of the molecule is CC.Nc1ccc(/C=C/C2=Cc3ccc(OCCCN4CCCCC4)cc3C2)cc1. The van der Waals surface area contributed by atoms with Crippen molar-refractivity contribution in [2.75, 3.05) is 32.0 Å². The Morgan fingerprint density at radius 1 is 0.967 bits per heavy atom. The minimum absolute atomic E-state index is 0.798. The Morgan fingerprint density at radius 3 is 2.50 bits per heavy atom. The fourth-order valence-corrected chi connectivity index (χ4v) is 4.02. The number of allylic oxidation sites excluding steroid dienone is 2. The molecule has 1 fully saturated rings. The quantitative estimate of drug-likeness (QED) is 0.441. The second-order valence-electron chi connectivity index (χ2n) is 7.86. The maximum Gasteiger partial charge on any atom is 0.119 e. The second-order valence-corrected chi connectivity index (χ2v) is 7.86. The van der Waals surface area contributed by atoms with E-state index in [1.165, 1.54) is 54.6 Å². The van der Waals surface area contributed by atoms with Crippen molar-refractivity contribution in [3.05, 3.63) is 70.8 Å². The first kappa shape index (κ1) is 22.2. The highest BCUT2D eigenvalue weighted by molar-refractivity contribution is 5.70. The van der Waals surface area contributed by atoms with Gasteiger partial charge in [-0.05, 0) is 85.3 Å². The van der Waals surface area contributed by atoms with Crippen molar-refractivity contribution >= 4 is 17.8 Å². The number of nitrogen functional groups attached to an aromatic ring is 1. The molecule has 3 nitrogen and oxygen atoms in total. The van der Waals surface area contributed by atoms with Crippen molar-refractivity contribution in [3.63, 3.8) is 0 Å². The number of piperidine rings is 1. The van der Waals surface area contributed by atoms with Gasteiger partial charge in [0.05, 0.1) is 6.61 Å². The van der Waals surface area contributed by atoms with Gasteiger partial charge in [0, 0.05) is 12.2 Å². The fourth-order valence-electron chi connectivity index (χ4n) is 4.02. The van der Waals surface area contributed by atoms with E-state index in [2.05, 4.69) is 41.3 Å². The Bertz CT molecular complexity index is 846. The highest BCUT2D eigenvalue weighted by Crippen LogP contribution is 2.29. The van der Waals surface area contributed by atoms with Gasteiger partial charge in [0.25, 0.3) is 0 Å². The van der Waals surface area contributed by atoms with Gasteiger partial charge in [-0.3, -0.25) is 0 Å². The maximum atomic E-state index is 6.02. The third-order valence-electron chi connectivity index (χ3n) is 5.61. The number of nitrogens with zero attached hydrogens (tertiary/aromatic N) is 1. The predicted molar refractivity (Wildman–Crippen MR) is 130 cm³/mol. The van der Waals surface area contributed by atoms with E-state index in [0.717, 1.165) is 37.4 Å². The number of hydrogen-bond acceptors (Lipinski definition) is 3. The van der Waals surface area contributed by atoms with Gasteiger partial charge in [0.2, 0.25) is 0 Å². The van der Waals surface area contributed by atoms with Crippen LogP contribution in [0.5, 0.6) is 5.75 Å². The minimum Gasteiger partial charge on any atom is -0.494 e. The lowest BCUT2D eigenvalue weighted by atomic mass is 10.1. The summed E-state index contributed by atoms with van der Waals surface area (Å²) in [5, 5.41) is 0. The molecule has 0 spiro atoms. The number of fused-ring (bicyclic) bond motifs is 1. The van der Waals surface area contributed by atoms with Crippen molar-refractivity contribution in [2.45, 2.75) is 46.0 Å². The smallest absolute Gasteiger partial charge is 0.119 e. The molecule has 2 N–H and O–H groups in total. The minimum atomic E-state index is 0.798. The van der Waals surface area contributed by atoms with Crippen molar-refractivity contribution < 1.29 is 4.74 Å². The normalized spacial score (nSPS) is 16.0. The van der Waals surface area contributed by atoms with E-state index in [4.69, 9.17) is 10.5 Å². The van der Waals surface area contributed by atoms with Crippen LogP contribution in [0.4, 0.5) is 5.69 Å². The van der Waals surface area contributed by atoms with E-state index >= 15 is 0 Å². The topological polar surface area (TPSA) is 38.5 Å². The number of benzene rings is 2. The van der Waals surface area contributed by atoms with Gasteiger partial charge in [0.15, 0.2) is 0 Å². The average Bonchev–Trinajstić information content (AvgIpc) is 3.21. The van der Waals surface area contributed by atoms with Crippen LogP contribution in [0.15, 0.2) is 54.1 Å². The van der Waals surface area contributed by atoms with E-state index in [9.17, 15) is 0 Å². The van der Waals surface area contributed by atoms with Gasteiger partial charge in [-0.2, -0.15) is 0 Å². The van der Waals surface area contributed by atoms with Gasteiger partial charge in [-0.15, -0.1) is 0 Å².